The number of carbonyl (C=O) groups excluding carboxylic acids is 2. The number of aryl methyl sites for hydroxylation is 1. The fourth-order valence-corrected chi connectivity index (χ4v) is 12.0. The van der Waals surface area contributed by atoms with Crippen molar-refractivity contribution in [2.24, 2.45) is 17.8 Å². The van der Waals surface area contributed by atoms with Crippen LogP contribution in [0.25, 0.3) is 10.9 Å². The molecule has 3 fully saturated rings. The summed E-state index contributed by atoms with van der Waals surface area (Å²) in [6.07, 6.45) is -7.69. The number of carbonyl (C=O) groups is 3. The molecule has 2 aromatic rings. The van der Waals surface area contributed by atoms with Crippen LogP contribution in [-0.4, -0.2) is 222 Å². The van der Waals surface area contributed by atoms with Crippen LogP contribution in [0.4, 0.5) is 0 Å². The summed E-state index contributed by atoms with van der Waals surface area (Å²) < 4.78 is 57.8. The van der Waals surface area contributed by atoms with Crippen molar-refractivity contribution < 1.29 is 82.5 Å². The van der Waals surface area contributed by atoms with Crippen LogP contribution in [0.2, 0.25) is 0 Å². The van der Waals surface area contributed by atoms with Crippen LogP contribution < -0.4 is 10.7 Å². The van der Waals surface area contributed by atoms with Gasteiger partial charge in [-0.2, -0.15) is 0 Å². The van der Waals surface area contributed by atoms with E-state index in [0.29, 0.717) is 56.9 Å². The van der Waals surface area contributed by atoms with Crippen LogP contribution in [-0.2, 0) is 58.8 Å². The summed E-state index contributed by atoms with van der Waals surface area (Å²) in [5.41, 5.74) is -4.32. The second-order valence-corrected chi connectivity index (χ2v) is 23.8. The summed E-state index contributed by atoms with van der Waals surface area (Å²) in [6.45, 7) is 22.1. The number of methoxy groups -OCH3 is 1. The van der Waals surface area contributed by atoms with Gasteiger partial charge in [0, 0.05) is 74.9 Å². The van der Waals surface area contributed by atoms with Gasteiger partial charge >= 0.3 is 17.9 Å². The van der Waals surface area contributed by atoms with Crippen molar-refractivity contribution in [1.29, 1.82) is 0 Å². The quantitative estimate of drug-likeness (QED) is 0.0628. The van der Waals surface area contributed by atoms with E-state index in [1.807, 2.05) is 51.7 Å². The number of hydrogen-bond donors (Lipinski definition) is 6. The number of carboxylic acids is 1. The largest absolute Gasteiger partial charge is 0.477 e. The van der Waals surface area contributed by atoms with E-state index in [4.69, 9.17) is 42.6 Å². The molecule has 0 bridgehead atoms. The van der Waals surface area contributed by atoms with E-state index in [0.717, 1.165) is 0 Å². The predicted octanol–water partition coefficient (Wildman–Crippen LogP) is 3.55. The molecule has 0 saturated carbocycles. The minimum absolute atomic E-state index is 0.0296. The molecule has 82 heavy (non-hydrogen) atoms. The van der Waals surface area contributed by atoms with Crippen LogP contribution in [0.3, 0.4) is 0 Å². The molecule has 1 aromatic carbocycles. The first-order chi connectivity index (χ1) is 38.5. The molecule has 3 saturated heterocycles. The lowest BCUT2D eigenvalue weighted by atomic mass is 9.77. The maximum Gasteiger partial charge on any atom is 0.341 e. The summed E-state index contributed by atoms with van der Waals surface area (Å²) in [4.78, 5) is 56.2. The molecule has 0 unspecified atom stereocenters. The van der Waals surface area contributed by atoms with Crippen molar-refractivity contribution in [3.8, 4) is 11.8 Å². The number of fused-ring (bicyclic) bond motifs is 1. The van der Waals surface area contributed by atoms with Gasteiger partial charge in [0.15, 0.2) is 18.7 Å². The average molecular weight is 1160 g/mol. The summed E-state index contributed by atoms with van der Waals surface area (Å²) in [6, 6.07) is 4.20. The van der Waals surface area contributed by atoms with Crippen molar-refractivity contribution in [3.05, 3.63) is 45.7 Å². The number of aromatic nitrogens is 1. The van der Waals surface area contributed by atoms with Crippen molar-refractivity contribution in [1.82, 2.24) is 19.7 Å². The highest BCUT2D eigenvalue weighted by atomic mass is 16.7. The van der Waals surface area contributed by atoms with Gasteiger partial charge in [-0.15, -0.1) is 0 Å². The first-order valence-electron chi connectivity index (χ1n) is 29.0. The van der Waals surface area contributed by atoms with E-state index in [1.54, 1.807) is 71.2 Å². The van der Waals surface area contributed by atoms with E-state index in [9.17, 15) is 44.7 Å². The number of rotatable bonds is 20. The number of cyclic esters (lactones) is 1. The molecule has 6 N–H and O–H groups in total. The molecule has 22 heteroatoms. The zero-order chi connectivity index (χ0) is 61.0. The second-order valence-electron chi connectivity index (χ2n) is 23.8. The zero-order valence-corrected chi connectivity index (χ0v) is 51.0. The summed E-state index contributed by atoms with van der Waals surface area (Å²) >= 11 is 0. The number of aromatic carboxylic acids is 1. The Balaban J connectivity index is 1.21. The van der Waals surface area contributed by atoms with Gasteiger partial charge in [0.25, 0.3) is 0 Å². The number of ether oxygens (including phenoxy) is 9. The fourth-order valence-electron chi connectivity index (χ4n) is 12.0. The number of nitrogens with one attached hydrogen (secondary N) is 1. The third-order valence-electron chi connectivity index (χ3n) is 16.8. The summed E-state index contributed by atoms with van der Waals surface area (Å²) in [5.74, 6) is 1.21. The number of likely N-dealkylation sites (N-methyl/N-ethyl adjacent to an activating group) is 2. The maximum atomic E-state index is 14.6. The van der Waals surface area contributed by atoms with Gasteiger partial charge in [0.2, 0.25) is 5.43 Å². The molecule has 0 radical (unpaired) electrons. The molecule has 22 nitrogen and oxygen atoms in total. The Labute approximate surface area is 484 Å². The minimum atomic E-state index is -1.86. The van der Waals surface area contributed by atoms with E-state index >= 15 is 0 Å². The highest BCUT2D eigenvalue weighted by molar-refractivity contribution is 5.93. The lowest BCUT2D eigenvalue weighted by Gasteiger charge is -2.49. The molecule has 0 spiro atoms. The summed E-state index contributed by atoms with van der Waals surface area (Å²) in [7, 11) is 7.07. The molecular weight excluding hydrogens is 1060 g/mol. The van der Waals surface area contributed by atoms with Gasteiger partial charge in [-0.3, -0.25) is 14.4 Å². The van der Waals surface area contributed by atoms with Gasteiger partial charge in [0.1, 0.15) is 41.7 Å². The smallest absolute Gasteiger partial charge is 0.341 e. The van der Waals surface area contributed by atoms with Gasteiger partial charge in [-0.1, -0.05) is 32.6 Å². The first-order valence-corrected chi connectivity index (χ1v) is 29.0. The zero-order valence-electron chi connectivity index (χ0n) is 51.0. The van der Waals surface area contributed by atoms with Gasteiger partial charge in [-0.25, -0.2) is 4.79 Å². The lowest BCUT2D eigenvalue weighted by molar-refractivity contribution is -0.318. The van der Waals surface area contributed by atoms with Crippen molar-refractivity contribution in [2.45, 2.75) is 205 Å². The molecular formula is C60H96N4O18. The number of aliphatic hydroxyl groups is 4. The van der Waals surface area contributed by atoms with E-state index < -0.39 is 113 Å². The minimum Gasteiger partial charge on any atom is -0.477 e. The van der Waals surface area contributed by atoms with E-state index in [-0.39, 0.29) is 67.9 Å². The Morgan fingerprint density at radius 2 is 1.62 bits per heavy atom. The van der Waals surface area contributed by atoms with Crippen molar-refractivity contribution in [2.75, 3.05) is 74.3 Å². The molecule has 3 aliphatic heterocycles. The Morgan fingerprint density at radius 1 is 0.927 bits per heavy atom. The molecule has 1 aromatic heterocycles. The summed E-state index contributed by atoms with van der Waals surface area (Å²) in [5, 5.41) is 61.1. The number of aliphatic hydroxyl groups excluding tert-OH is 2. The normalized spacial score (nSPS) is 35.5. The molecule has 464 valence electrons. The van der Waals surface area contributed by atoms with Gasteiger partial charge < -0.3 is 87.8 Å². The number of esters is 2. The van der Waals surface area contributed by atoms with Gasteiger partial charge in [-0.05, 0) is 120 Å². The average Bonchev–Trinajstić information content (AvgIpc) is 3.41. The van der Waals surface area contributed by atoms with Crippen LogP contribution in [0.15, 0.2) is 29.2 Å². The van der Waals surface area contributed by atoms with Crippen molar-refractivity contribution in [3.63, 3.8) is 0 Å². The standard InChI is InChI=1S/C60H96N4O18/c1-16-46-60(11,73)52(68)39(7)63(14)33-35(3)31-58(9,72)53(82-57-50(67)45(62(12)13)29-36(4)77-57)37(5)51(38(6)56(71)79-46)81-48-32-59(10,74-15)54(40(8)78-48)80-47(65)22-23-61-24-26-76-28-27-75-25-18-19-41-20-21-44-42(30-41)49(66)43(55(69)70)34-64(44)17-2/h20-21,30,34-40,45-46,48,50-54,57,61,67-68,72-73H,16-17,22-29,31-33H2,1-15H3,(H,69,70)/t35-,36-,37+,38-,39-,40+,45+,46-,48+,50-,51+,52-,53-,54+,57+,58-,59-,60-/m1/s1. The Morgan fingerprint density at radius 3 is 2.27 bits per heavy atom. The van der Waals surface area contributed by atoms with Gasteiger partial charge in [0.05, 0.1) is 67.7 Å². The molecule has 4 heterocycles. The Kier molecular flexibility index (Phi) is 25.3. The maximum absolute atomic E-state index is 14.6. The highest BCUT2D eigenvalue weighted by Gasteiger charge is 2.54. The molecule has 18 atom stereocenters. The number of nitrogens with zero attached hydrogens (tertiary/aromatic N) is 3. The van der Waals surface area contributed by atoms with E-state index in [1.165, 1.54) is 20.2 Å². The molecule has 0 aliphatic carbocycles. The highest BCUT2D eigenvalue weighted by Crippen LogP contribution is 2.41. The lowest BCUT2D eigenvalue weighted by Crippen LogP contribution is -2.61. The Hall–Kier alpha value is -4.16. The molecule has 0 amide bonds. The van der Waals surface area contributed by atoms with Crippen LogP contribution in [0.5, 0.6) is 0 Å². The number of pyridine rings is 1. The first kappa shape index (κ1) is 68.6. The number of benzene rings is 1. The Bertz CT molecular complexity index is 2530. The second kappa shape index (κ2) is 30.3. The fraction of sp³-hybridized carbons (Fsp3) is 0.767. The topological polar surface area (TPSA) is 276 Å². The number of carboxylic acid groups (broad SMARTS) is 1. The van der Waals surface area contributed by atoms with E-state index in [2.05, 4.69) is 17.2 Å². The van der Waals surface area contributed by atoms with Crippen LogP contribution >= 0.6 is 0 Å². The predicted molar refractivity (Wildman–Crippen MR) is 305 cm³/mol. The molecule has 5 rings (SSSR count). The number of hydrogen-bond acceptors (Lipinski definition) is 20. The van der Waals surface area contributed by atoms with Crippen molar-refractivity contribution >= 4 is 28.8 Å². The van der Waals surface area contributed by atoms with Crippen LogP contribution in [0.1, 0.15) is 124 Å². The SMILES string of the molecule is CC[C@H]1OC(=O)[C@H](C)[C@@H](O[C@H]2C[C@@](C)(OC)[C@@H](OC(=O)CCNCCOCCOCC#Cc3ccc4c(c3)c(=O)c(C(=O)O)cn4CC)[C@H](C)O2)[C@H](C)[C@@H](O[C@@H]2O[C@H](C)C[C@H](N(C)C)[C@H]2O)[C@](C)(O)C[C@@H](C)CN(C)[C@H](C)[C@@H](O)[C@]1(C)O. The van der Waals surface area contributed by atoms with Crippen LogP contribution in [0, 0.1) is 29.6 Å². The third-order valence-corrected chi connectivity index (χ3v) is 16.8. The third kappa shape index (κ3) is 17.3. The molecule has 3 aliphatic rings. The monoisotopic (exact) mass is 1160 g/mol.